The average Bonchev–Trinajstić information content (AvgIpc) is 2.73. The molecule has 152 valence electrons. The van der Waals surface area contributed by atoms with Crippen LogP contribution in [0.2, 0.25) is 0 Å². The van der Waals surface area contributed by atoms with Crippen molar-refractivity contribution in [1.29, 1.82) is 0 Å². The third-order valence-electron chi connectivity index (χ3n) is 5.13. The molecule has 3 heterocycles. The molecule has 0 amide bonds. The van der Waals surface area contributed by atoms with E-state index >= 15 is 0 Å². The molecule has 3 rings (SSSR count). The number of nitrogens with one attached hydrogen (secondary N) is 1. The summed E-state index contributed by atoms with van der Waals surface area (Å²) in [6.45, 7) is 8.12. The van der Waals surface area contributed by atoms with Crippen molar-refractivity contribution < 1.29 is 0 Å². The predicted octanol–water partition coefficient (Wildman–Crippen LogP) is 0.371. The second kappa shape index (κ2) is 9.50. The zero-order valence-corrected chi connectivity index (χ0v) is 16.7. The normalized spacial score (nSPS) is 15.0. The first-order valence-corrected chi connectivity index (χ1v) is 9.89. The highest BCUT2D eigenvalue weighted by atomic mass is 16.2. The molecule has 1 aliphatic rings. The molecule has 1 N–H and O–H groups in total. The Morgan fingerprint density at radius 1 is 1.07 bits per heavy atom. The third kappa shape index (κ3) is 4.78. The van der Waals surface area contributed by atoms with E-state index in [0.29, 0.717) is 12.4 Å². The molecule has 1 saturated heterocycles. The SMILES string of the molecule is CCn1c(NCCCCN2CCN(c3ncccn3)CC2)cc(=O)n(C)c1=O. The van der Waals surface area contributed by atoms with Crippen LogP contribution in [0.1, 0.15) is 19.8 Å². The van der Waals surface area contributed by atoms with Gasteiger partial charge in [0.15, 0.2) is 0 Å². The van der Waals surface area contributed by atoms with E-state index < -0.39 is 0 Å². The molecular formula is C19H29N7O2. The number of hydrogen-bond acceptors (Lipinski definition) is 7. The number of hydrogen-bond donors (Lipinski definition) is 1. The largest absolute Gasteiger partial charge is 0.371 e. The molecule has 0 atom stereocenters. The lowest BCUT2D eigenvalue weighted by molar-refractivity contribution is 0.252. The van der Waals surface area contributed by atoms with Crippen LogP contribution in [0, 0.1) is 0 Å². The van der Waals surface area contributed by atoms with E-state index in [1.807, 2.05) is 13.0 Å². The summed E-state index contributed by atoms with van der Waals surface area (Å²) in [5, 5.41) is 3.25. The Morgan fingerprint density at radius 3 is 2.46 bits per heavy atom. The standard InChI is InChI=1S/C19H29N7O2/c1-3-26-16(15-17(27)23(2)19(26)28)20-7-4-5-10-24-11-13-25(14-12-24)18-21-8-6-9-22-18/h6,8-9,15,20H,3-5,7,10-14H2,1-2H3. The summed E-state index contributed by atoms with van der Waals surface area (Å²) in [4.78, 5) is 37.3. The Hall–Kier alpha value is -2.68. The van der Waals surface area contributed by atoms with Crippen LogP contribution in [-0.2, 0) is 13.6 Å². The van der Waals surface area contributed by atoms with Crippen molar-refractivity contribution in [2.45, 2.75) is 26.3 Å². The molecule has 0 saturated carbocycles. The lowest BCUT2D eigenvalue weighted by Gasteiger charge is -2.34. The summed E-state index contributed by atoms with van der Waals surface area (Å²) in [5.41, 5.74) is -0.560. The fourth-order valence-electron chi connectivity index (χ4n) is 3.43. The van der Waals surface area contributed by atoms with Crippen LogP contribution < -0.4 is 21.5 Å². The van der Waals surface area contributed by atoms with Crippen molar-refractivity contribution in [3.63, 3.8) is 0 Å². The minimum absolute atomic E-state index is 0.280. The van der Waals surface area contributed by atoms with Crippen molar-refractivity contribution in [1.82, 2.24) is 24.0 Å². The number of piperazine rings is 1. The third-order valence-corrected chi connectivity index (χ3v) is 5.13. The van der Waals surface area contributed by atoms with E-state index in [1.54, 1.807) is 17.0 Å². The number of rotatable bonds is 8. The monoisotopic (exact) mass is 387 g/mol. The molecule has 0 radical (unpaired) electrons. The highest BCUT2D eigenvalue weighted by molar-refractivity contribution is 5.34. The van der Waals surface area contributed by atoms with Crippen molar-refractivity contribution in [2.75, 3.05) is 49.5 Å². The summed E-state index contributed by atoms with van der Waals surface area (Å²) < 4.78 is 2.72. The maximum Gasteiger partial charge on any atom is 0.332 e. The summed E-state index contributed by atoms with van der Waals surface area (Å²) in [6.07, 6.45) is 5.61. The minimum atomic E-state index is -0.280. The molecule has 1 aliphatic heterocycles. The van der Waals surface area contributed by atoms with Gasteiger partial charge in [0, 0.05) is 64.8 Å². The van der Waals surface area contributed by atoms with Crippen molar-refractivity contribution in [3.8, 4) is 0 Å². The molecule has 0 spiro atoms. The van der Waals surface area contributed by atoms with Crippen LogP contribution in [0.4, 0.5) is 11.8 Å². The minimum Gasteiger partial charge on any atom is -0.371 e. The summed E-state index contributed by atoms with van der Waals surface area (Å²) in [7, 11) is 1.50. The van der Waals surface area contributed by atoms with Gasteiger partial charge < -0.3 is 10.2 Å². The Bertz CT molecular complexity index is 870. The van der Waals surface area contributed by atoms with Gasteiger partial charge in [-0.05, 0) is 32.4 Å². The first kappa shape index (κ1) is 20.1. The second-order valence-electron chi connectivity index (χ2n) is 6.97. The Morgan fingerprint density at radius 2 is 1.79 bits per heavy atom. The quantitative estimate of drug-likeness (QED) is 0.655. The highest BCUT2D eigenvalue weighted by Gasteiger charge is 2.18. The van der Waals surface area contributed by atoms with E-state index in [9.17, 15) is 9.59 Å². The van der Waals surface area contributed by atoms with Gasteiger partial charge in [-0.3, -0.25) is 18.8 Å². The van der Waals surface area contributed by atoms with Gasteiger partial charge in [0.05, 0.1) is 0 Å². The summed E-state index contributed by atoms with van der Waals surface area (Å²) in [5.74, 6) is 1.41. The maximum atomic E-state index is 12.1. The van der Waals surface area contributed by atoms with Gasteiger partial charge in [0.25, 0.3) is 5.56 Å². The molecule has 2 aromatic heterocycles. The van der Waals surface area contributed by atoms with Crippen molar-refractivity contribution >= 4 is 11.8 Å². The van der Waals surface area contributed by atoms with Gasteiger partial charge >= 0.3 is 5.69 Å². The number of anilines is 2. The van der Waals surface area contributed by atoms with Crippen LogP contribution in [0.5, 0.6) is 0 Å². The average molecular weight is 387 g/mol. The number of unbranched alkanes of at least 4 members (excludes halogenated alkanes) is 1. The zero-order valence-electron chi connectivity index (χ0n) is 16.7. The first-order valence-electron chi connectivity index (χ1n) is 9.89. The van der Waals surface area contributed by atoms with Crippen LogP contribution in [0.3, 0.4) is 0 Å². The van der Waals surface area contributed by atoms with E-state index in [4.69, 9.17) is 0 Å². The van der Waals surface area contributed by atoms with Crippen molar-refractivity contribution in [2.24, 2.45) is 7.05 Å². The van der Waals surface area contributed by atoms with Gasteiger partial charge in [-0.25, -0.2) is 14.8 Å². The lowest BCUT2D eigenvalue weighted by Crippen LogP contribution is -2.47. The van der Waals surface area contributed by atoms with E-state index in [2.05, 4.69) is 25.1 Å². The van der Waals surface area contributed by atoms with Crippen LogP contribution in [0.25, 0.3) is 0 Å². The van der Waals surface area contributed by atoms with Crippen LogP contribution >= 0.6 is 0 Å². The fourth-order valence-corrected chi connectivity index (χ4v) is 3.43. The molecule has 0 aliphatic carbocycles. The molecule has 9 heteroatoms. The molecule has 28 heavy (non-hydrogen) atoms. The molecule has 0 bridgehead atoms. The first-order chi connectivity index (χ1) is 13.6. The Kier molecular flexibility index (Phi) is 6.80. The van der Waals surface area contributed by atoms with Gasteiger partial charge in [0.1, 0.15) is 5.82 Å². The maximum absolute atomic E-state index is 12.1. The van der Waals surface area contributed by atoms with E-state index in [-0.39, 0.29) is 11.2 Å². The zero-order chi connectivity index (χ0) is 19.9. The molecule has 0 unspecified atom stereocenters. The second-order valence-corrected chi connectivity index (χ2v) is 6.97. The summed E-state index contributed by atoms with van der Waals surface area (Å²) >= 11 is 0. The Balaban J connectivity index is 1.39. The fraction of sp³-hybridized carbons (Fsp3) is 0.579. The van der Waals surface area contributed by atoms with E-state index in [0.717, 1.165) is 62.6 Å². The highest BCUT2D eigenvalue weighted by Crippen LogP contribution is 2.10. The van der Waals surface area contributed by atoms with Crippen LogP contribution in [-0.4, -0.2) is 63.3 Å². The number of nitrogens with zero attached hydrogens (tertiary/aromatic N) is 6. The molecular weight excluding hydrogens is 358 g/mol. The van der Waals surface area contributed by atoms with Gasteiger partial charge in [-0.1, -0.05) is 0 Å². The number of aromatic nitrogens is 4. The van der Waals surface area contributed by atoms with Gasteiger partial charge in [-0.2, -0.15) is 0 Å². The molecule has 9 nitrogen and oxygen atoms in total. The molecule has 1 fully saturated rings. The molecule has 0 aromatic carbocycles. The predicted molar refractivity (Wildman–Crippen MR) is 110 cm³/mol. The summed E-state index contributed by atoms with van der Waals surface area (Å²) in [6, 6.07) is 3.33. The molecule has 2 aromatic rings. The van der Waals surface area contributed by atoms with Gasteiger partial charge in [0.2, 0.25) is 5.95 Å². The Labute approximate surface area is 164 Å². The van der Waals surface area contributed by atoms with Crippen molar-refractivity contribution in [3.05, 3.63) is 45.4 Å². The smallest absolute Gasteiger partial charge is 0.332 e. The lowest BCUT2D eigenvalue weighted by atomic mass is 10.2. The van der Waals surface area contributed by atoms with Gasteiger partial charge in [-0.15, -0.1) is 0 Å². The topological polar surface area (TPSA) is 88.3 Å². The van der Waals surface area contributed by atoms with Crippen LogP contribution in [0.15, 0.2) is 34.1 Å². The van der Waals surface area contributed by atoms with E-state index in [1.165, 1.54) is 13.1 Å².